The van der Waals surface area contributed by atoms with Crippen molar-refractivity contribution in [2.24, 2.45) is 5.92 Å². The van der Waals surface area contributed by atoms with Gasteiger partial charge in [-0.05, 0) is 90.6 Å². The van der Waals surface area contributed by atoms with Crippen LogP contribution in [0.4, 0.5) is 0 Å². The average molecular weight is 770 g/mol. The fraction of sp³-hybridized carbons (Fsp3) is 0.500. The molecule has 292 valence electrons. The van der Waals surface area contributed by atoms with Gasteiger partial charge in [-0.25, -0.2) is 13.1 Å². The van der Waals surface area contributed by atoms with E-state index in [9.17, 15) is 18.0 Å². The number of amides is 2. The lowest BCUT2D eigenvalue weighted by Crippen LogP contribution is -2.41. The van der Waals surface area contributed by atoms with Gasteiger partial charge >= 0.3 is 0 Å². The molecule has 1 aliphatic carbocycles. The van der Waals surface area contributed by atoms with Gasteiger partial charge in [-0.2, -0.15) is 5.10 Å². The SMILES string of the molecule is COc1ccc2c(c1)C=C(c1c(C(=O)N3CCOCC3)cnn1C1CCOCC1)Cn1c-2c(C2CCCCC2)c2ccc(C(=O)NS(=O)(=O)CC(C)C)cc21. The van der Waals surface area contributed by atoms with Crippen molar-refractivity contribution in [3.05, 3.63) is 70.5 Å². The molecule has 0 atom stereocenters. The first kappa shape index (κ1) is 37.5. The molecule has 0 bridgehead atoms. The van der Waals surface area contributed by atoms with Crippen molar-refractivity contribution in [1.29, 1.82) is 0 Å². The molecule has 1 saturated carbocycles. The summed E-state index contributed by atoms with van der Waals surface area (Å²) < 4.78 is 49.5. The van der Waals surface area contributed by atoms with Crippen molar-refractivity contribution in [3.8, 4) is 17.0 Å². The standard InChI is InChI=1S/C42H51N5O7S/c1-27(2)26-55(50,51)44-41(48)29-9-11-35-37(23-29)46-25-31(21-30-22-33(52-3)10-12-34(30)40(46)38(35)28-7-5-4-6-8-28)39-36(42(49)45-15-19-54-20-16-45)24-43-47(39)32-13-17-53-18-14-32/h9-12,21-24,27-28,32H,4-8,13-20,25-26H2,1-3H3,(H,44,48). The predicted octanol–water partition coefficient (Wildman–Crippen LogP) is 6.65. The number of benzene rings is 2. The lowest BCUT2D eigenvalue weighted by atomic mass is 9.81. The molecule has 8 rings (SSSR count). The third-order valence-electron chi connectivity index (χ3n) is 11.5. The number of methoxy groups -OCH3 is 1. The van der Waals surface area contributed by atoms with Crippen LogP contribution in [0.2, 0.25) is 0 Å². The van der Waals surface area contributed by atoms with Gasteiger partial charge in [0.2, 0.25) is 10.0 Å². The molecule has 12 nitrogen and oxygen atoms in total. The molecule has 2 saturated heterocycles. The van der Waals surface area contributed by atoms with Crippen LogP contribution < -0.4 is 9.46 Å². The molecule has 0 spiro atoms. The molecule has 55 heavy (non-hydrogen) atoms. The first-order valence-electron chi connectivity index (χ1n) is 19.7. The maximum absolute atomic E-state index is 14.4. The Hall–Kier alpha value is -4.46. The number of nitrogens with zero attached hydrogens (tertiary/aromatic N) is 4. The number of allylic oxidation sites excluding steroid dienone is 1. The Bertz CT molecular complexity index is 2240. The molecule has 4 aromatic rings. The smallest absolute Gasteiger partial charge is 0.264 e. The van der Waals surface area contributed by atoms with Crippen LogP contribution in [0.3, 0.4) is 0 Å². The Kier molecular flexibility index (Phi) is 10.6. The Labute approximate surface area is 322 Å². The molecule has 1 N–H and O–H groups in total. The highest BCUT2D eigenvalue weighted by Gasteiger charge is 2.34. The number of hydrogen-bond donors (Lipinski definition) is 1. The number of fused-ring (bicyclic) bond motifs is 5. The number of hydrogen-bond acceptors (Lipinski definition) is 8. The molecule has 2 amide bonds. The minimum absolute atomic E-state index is 0.0469. The highest BCUT2D eigenvalue weighted by atomic mass is 32.2. The van der Waals surface area contributed by atoms with E-state index >= 15 is 0 Å². The van der Waals surface area contributed by atoms with Gasteiger partial charge in [-0.3, -0.25) is 14.3 Å². The lowest BCUT2D eigenvalue weighted by molar-refractivity contribution is 0.0302. The highest BCUT2D eigenvalue weighted by Crippen LogP contribution is 2.48. The zero-order valence-corrected chi connectivity index (χ0v) is 32.8. The molecular formula is C42H51N5O7S. The first-order valence-corrected chi connectivity index (χ1v) is 21.4. The third kappa shape index (κ3) is 7.46. The summed E-state index contributed by atoms with van der Waals surface area (Å²) >= 11 is 0. The zero-order chi connectivity index (χ0) is 38.3. The number of aromatic nitrogens is 3. The summed E-state index contributed by atoms with van der Waals surface area (Å²) in [7, 11) is -2.16. The third-order valence-corrected chi connectivity index (χ3v) is 13.1. The summed E-state index contributed by atoms with van der Waals surface area (Å²) in [6.45, 7) is 7.24. The molecule has 2 aromatic heterocycles. The molecule has 13 heteroatoms. The number of morpholine rings is 1. The van der Waals surface area contributed by atoms with Crippen molar-refractivity contribution >= 4 is 44.4 Å². The highest BCUT2D eigenvalue weighted by molar-refractivity contribution is 7.90. The van der Waals surface area contributed by atoms with Crippen molar-refractivity contribution in [2.45, 2.75) is 77.3 Å². The Morgan fingerprint density at radius 1 is 0.945 bits per heavy atom. The van der Waals surface area contributed by atoms with Gasteiger partial charge in [0.1, 0.15) is 5.75 Å². The Morgan fingerprint density at radius 2 is 1.69 bits per heavy atom. The number of ether oxygens (including phenoxy) is 3. The molecule has 3 aliphatic heterocycles. The van der Waals surface area contributed by atoms with E-state index < -0.39 is 15.9 Å². The van der Waals surface area contributed by atoms with Crippen LogP contribution in [0.1, 0.15) is 108 Å². The van der Waals surface area contributed by atoms with Crippen LogP contribution in [0.25, 0.3) is 33.8 Å². The van der Waals surface area contributed by atoms with E-state index in [1.807, 2.05) is 41.6 Å². The van der Waals surface area contributed by atoms with Crippen LogP contribution in [-0.2, 0) is 26.0 Å². The minimum atomic E-state index is -3.83. The van der Waals surface area contributed by atoms with Gasteiger partial charge in [-0.1, -0.05) is 39.2 Å². The number of carbonyl (C=O) groups excluding carboxylic acids is 2. The van der Waals surface area contributed by atoms with Crippen molar-refractivity contribution < 1.29 is 32.2 Å². The Balaban J connectivity index is 1.35. The largest absolute Gasteiger partial charge is 0.497 e. The van der Waals surface area contributed by atoms with E-state index in [0.29, 0.717) is 57.5 Å². The van der Waals surface area contributed by atoms with Gasteiger partial charge in [0.25, 0.3) is 11.8 Å². The van der Waals surface area contributed by atoms with Crippen molar-refractivity contribution in [3.63, 3.8) is 0 Å². The monoisotopic (exact) mass is 769 g/mol. The topological polar surface area (TPSA) is 134 Å². The lowest BCUT2D eigenvalue weighted by Gasteiger charge is -2.28. The van der Waals surface area contributed by atoms with E-state index in [-0.39, 0.29) is 29.2 Å². The quantitative estimate of drug-likeness (QED) is 0.200. The zero-order valence-electron chi connectivity index (χ0n) is 32.0. The number of nitrogens with one attached hydrogen (secondary N) is 1. The van der Waals surface area contributed by atoms with E-state index in [2.05, 4.69) is 27.5 Å². The van der Waals surface area contributed by atoms with Crippen LogP contribution in [0.15, 0.2) is 42.6 Å². The maximum Gasteiger partial charge on any atom is 0.264 e. The number of carbonyl (C=O) groups is 2. The van der Waals surface area contributed by atoms with Crippen LogP contribution >= 0.6 is 0 Å². The summed E-state index contributed by atoms with van der Waals surface area (Å²) in [5, 5.41) is 5.99. The number of rotatable bonds is 9. The summed E-state index contributed by atoms with van der Waals surface area (Å²) in [6, 6.07) is 11.8. The molecule has 5 heterocycles. The molecular weight excluding hydrogens is 719 g/mol. The maximum atomic E-state index is 14.4. The van der Waals surface area contributed by atoms with E-state index in [0.717, 1.165) is 83.3 Å². The summed E-state index contributed by atoms with van der Waals surface area (Å²) in [6.07, 6.45) is 11.1. The molecule has 0 unspecified atom stereocenters. The van der Waals surface area contributed by atoms with E-state index in [1.54, 1.807) is 19.4 Å². The second-order valence-electron chi connectivity index (χ2n) is 15.7. The predicted molar refractivity (Wildman–Crippen MR) is 212 cm³/mol. The summed E-state index contributed by atoms with van der Waals surface area (Å²) in [4.78, 5) is 29.9. The average Bonchev–Trinajstić information content (AvgIpc) is 3.72. The Morgan fingerprint density at radius 3 is 2.42 bits per heavy atom. The molecule has 0 radical (unpaired) electrons. The van der Waals surface area contributed by atoms with Crippen LogP contribution in [0, 0.1) is 5.92 Å². The molecule has 3 fully saturated rings. The van der Waals surface area contributed by atoms with Crippen LogP contribution in [-0.4, -0.2) is 91.9 Å². The van der Waals surface area contributed by atoms with Gasteiger partial charge in [0, 0.05) is 48.3 Å². The summed E-state index contributed by atoms with van der Waals surface area (Å²) in [5.41, 5.74) is 7.69. The van der Waals surface area contributed by atoms with Crippen molar-refractivity contribution in [2.75, 3.05) is 52.4 Å². The van der Waals surface area contributed by atoms with Crippen molar-refractivity contribution in [1.82, 2.24) is 24.0 Å². The second kappa shape index (κ2) is 15.6. The molecule has 2 aromatic carbocycles. The van der Waals surface area contributed by atoms with E-state index in [1.165, 1.54) is 12.0 Å². The van der Waals surface area contributed by atoms with Gasteiger partial charge < -0.3 is 23.7 Å². The van der Waals surface area contributed by atoms with Gasteiger partial charge in [-0.15, -0.1) is 0 Å². The van der Waals surface area contributed by atoms with Gasteiger partial charge in [0.15, 0.2) is 0 Å². The van der Waals surface area contributed by atoms with Crippen LogP contribution in [0.5, 0.6) is 5.75 Å². The fourth-order valence-corrected chi connectivity index (χ4v) is 10.4. The summed E-state index contributed by atoms with van der Waals surface area (Å²) in [5.74, 6) is 0.0282. The minimum Gasteiger partial charge on any atom is -0.497 e. The second-order valence-corrected chi connectivity index (χ2v) is 17.5. The number of sulfonamides is 1. The van der Waals surface area contributed by atoms with E-state index in [4.69, 9.17) is 19.3 Å². The fourth-order valence-electron chi connectivity index (χ4n) is 8.99. The molecule has 4 aliphatic rings. The van der Waals surface area contributed by atoms with Gasteiger partial charge in [0.05, 0.1) is 61.8 Å². The first-order chi connectivity index (χ1) is 26.6. The normalized spacial score (nSPS) is 18.5.